The minimum Gasteiger partial charge on any atom is -0.376 e. The molecule has 0 radical (unpaired) electrons. The summed E-state index contributed by atoms with van der Waals surface area (Å²) >= 11 is 1.50. The molecule has 1 amide bonds. The Labute approximate surface area is 164 Å². The molecular weight excluding hydrogens is 362 g/mol. The van der Waals surface area contributed by atoms with Crippen molar-refractivity contribution in [2.45, 2.75) is 55.9 Å². The number of aryl methyl sites for hydroxylation is 2. The molecule has 3 rings (SSSR count). The third-order valence-corrected chi connectivity index (χ3v) is 5.09. The third kappa shape index (κ3) is 6.02. The van der Waals surface area contributed by atoms with E-state index >= 15 is 0 Å². The lowest BCUT2D eigenvalue weighted by Crippen LogP contribution is -2.30. The van der Waals surface area contributed by atoms with Crippen LogP contribution in [0.25, 0.3) is 0 Å². The fourth-order valence-electron chi connectivity index (χ4n) is 2.80. The minimum absolute atomic E-state index is 0.115. The maximum absolute atomic E-state index is 12.3. The van der Waals surface area contributed by atoms with Gasteiger partial charge in [-0.25, -0.2) is 9.97 Å². The molecule has 0 aliphatic carbocycles. The first-order valence-corrected chi connectivity index (χ1v) is 9.95. The fourth-order valence-corrected chi connectivity index (χ4v) is 3.66. The Kier molecular flexibility index (Phi) is 6.82. The van der Waals surface area contributed by atoms with Crippen LogP contribution in [0, 0.1) is 13.8 Å². The molecule has 1 aliphatic heterocycles. The predicted molar refractivity (Wildman–Crippen MR) is 105 cm³/mol. The van der Waals surface area contributed by atoms with Gasteiger partial charge in [-0.1, -0.05) is 0 Å². The molecule has 27 heavy (non-hydrogen) atoms. The van der Waals surface area contributed by atoms with Crippen LogP contribution in [-0.4, -0.2) is 41.3 Å². The van der Waals surface area contributed by atoms with E-state index in [0.717, 1.165) is 46.6 Å². The largest absolute Gasteiger partial charge is 0.376 e. The number of benzene rings is 1. The normalized spacial score (nSPS) is 17.7. The lowest BCUT2D eigenvalue weighted by molar-refractivity contribution is -0.128. The van der Waals surface area contributed by atoms with Gasteiger partial charge >= 0.3 is 0 Å². The third-order valence-electron chi connectivity index (χ3n) is 4.22. The van der Waals surface area contributed by atoms with Crippen molar-refractivity contribution in [2.75, 3.05) is 18.5 Å². The van der Waals surface area contributed by atoms with E-state index < -0.39 is 6.10 Å². The molecule has 144 valence electrons. The molecule has 0 spiro atoms. The van der Waals surface area contributed by atoms with Gasteiger partial charge in [0.2, 0.25) is 0 Å². The number of aromatic nitrogens is 2. The topological polar surface area (TPSA) is 73.3 Å². The molecule has 1 aromatic carbocycles. The van der Waals surface area contributed by atoms with Crippen molar-refractivity contribution in [2.24, 2.45) is 0 Å². The van der Waals surface area contributed by atoms with E-state index in [1.54, 1.807) is 6.92 Å². The van der Waals surface area contributed by atoms with Crippen molar-refractivity contribution in [1.29, 1.82) is 0 Å². The van der Waals surface area contributed by atoms with Gasteiger partial charge in [0, 0.05) is 28.6 Å². The zero-order chi connectivity index (χ0) is 19.2. The number of nitrogens with zero attached hydrogens (tertiary/aromatic N) is 2. The average Bonchev–Trinajstić information content (AvgIpc) is 3.14. The maximum Gasteiger partial charge on any atom is 0.253 e. The predicted octanol–water partition coefficient (Wildman–Crippen LogP) is 3.77. The molecule has 1 saturated heterocycles. The molecule has 1 aliphatic rings. The number of hydrogen-bond acceptors (Lipinski definition) is 6. The van der Waals surface area contributed by atoms with Crippen LogP contribution in [0.2, 0.25) is 0 Å². The van der Waals surface area contributed by atoms with Gasteiger partial charge in [-0.3, -0.25) is 4.79 Å². The zero-order valence-electron chi connectivity index (χ0n) is 15.9. The number of amides is 1. The second-order valence-electron chi connectivity index (χ2n) is 6.66. The number of nitrogens with one attached hydrogen (secondary N) is 1. The number of rotatable bonds is 7. The Morgan fingerprint density at radius 3 is 2.63 bits per heavy atom. The van der Waals surface area contributed by atoms with E-state index in [-0.39, 0.29) is 12.0 Å². The molecule has 0 saturated carbocycles. The molecule has 2 heterocycles. The van der Waals surface area contributed by atoms with Crippen LogP contribution in [0.5, 0.6) is 0 Å². The van der Waals surface area contributed by atoms with Crippen LogP contribution in [0.15, 0.2) is 40.4 Å². The van der Waals surface area contributed by atoms with Crippen molar-refractivity contribution < 1.29 is 14.3 Å². The molecule has 2 unspecified atom stereocenters. The summed E-state index contributed by atoms with van der Waals surface area (Å²) < 4.78 is 11.1. The monoisotopic (exact) mass is 387 g/mol. The summed E-state index contributed by atoms with van der Waals surface area (Å²) in [6.45, 7) is 6.91. The van der Waals surface area contributed by atoms with Crippen LogP contribution in [0.1, 0.15) is 31.2 Å². The smallest absolute Gasteiger partial charge is 0.253 e. The van der Waals surface area contributed by atoms with E-state index in [0.29, 0.717) is 6.61 Å². The van der Waals surface area contributed by atoms with Crippen LogP contribution in [-0.2, 0) is 14.3 Å². The van der Waals surface area contributed by atoms with Crippen LogP contribution in [0.3, 0.4) is 0 Å². The summed E-state index contributed by atoms with van der Waals surface area (Å²) in [6, 6.07) is 9.58. The Morgan fingerprint density at radius 2 is 2.00 bits per heavy atom. The van der Waals surface area contributed by atoms with Gasteiger partial charge in [0.05, 0.1) is 12.7 Å². The number of anilines is 1. The van der Waals surface area contributed by atoms with Gasteiger partial charge in [0.25, 0.3) is 5.91 Å². The van der Waals surface area contributed by atoms with Crippen LogP contribution < -0.4 is 5.32 Å². The highest BCUT2D eigenvalue weighted by atomic mass is 32.2. The van der Waals surface area contributed by atoms with Gasteiger partial charge < -0.3 is 14.8 Å². The molecule has 0 bridgehead atoms. The van der Waals surface area contributed by atoms with E-state index in [4.69, 9.17) is 9.47 Å². The molecule has 2 aromatic rings. The van der Waals surface area contributed by atoms with Gasteiger partial charge in [-0.05, 0) is 75.7 Å². The minimum atomic E-state index is -0.521. The molecule has 2 atom stereocenters. The number of carbonyl (C=O) groups is 1. The second-order valence-corrected chi connectivity index (χ2v) is 7.70. The summed E-state index contributed by atoms with van der Waals surface area (Å²) in [5.74, 6) is -0.161. The molecule has 1 N–H and O–H groups in total. The Bertz CT molecular complexity index is 756. The molecule has 1 fully saturated rings. The SMILES string of the molecule is Cc1cc(C)nc(Sc2ccc(NC(=O)C(C)OCC3CCCO3)cc2)n1. The van der Waals surface area contributed by atoms with E-state index in [2.05, 4.69) is 15.3 Å². The van der Waals surface area contributed by atoms with Crippen LogP contribution in [0.4, 0.5) is 5.69 Å². The lowest BCUT2D eigenvalue weighted by atomic mass is 10.2. The average molecular weight is 388 g/mol. The van der Waals surface area contributed by atoms with Gasteiger partial charge in [-0.2, -0.15) is 0 Å². The second kappa shape index (κ2) is 9.30. The summed E-state index contributed by atoms with van der Waals surface area (Å²) in [5, 5.41) is 3.60. The highest BCUT2D eigenvalue weighted by molar-refractivity contribution is 7.99. The van der Waals surface area contributed by atoms with Crippen LogP contribution >= 0.6 is 11.8 Å². The standard InChI is InChI=1S/C20H25N3O3S/c1-13-11-14(2)22-20(21-13)27-18-8-6-16(7-9-18)23-19(24)15(3)26-12-17-5-4-10-25-17/h6-9,11,15,17H,4-5,10,12H2,1-3H3,(H,23,24). The van der Waals surface area contributed by atoms with Crippen molar-refractivity contribution in [3.8, 4) is 0 Å². The summed E-state index contributed by atoms with van der Waals surface area (Å²) in [6.07, 6.45) is 1.65. The molecule has 1 aromatic heterocycles. The highest BCUT2D eigenvalue weighted by Gasteiger charge is 2.20. The van der Waals surface area contributed by atoms with E-state index in [1.807, 2.05) is 44.2 Å². The highest BCUT2D eigenvalue weighted by Crippen LogP contribution is 2.26. The van der Waals surface area contributed by atoms with Crippen molar-refractivity contribution in [3.63, 3.8) is 0 Å². The summed E-state index contributed by atoms with van der Waals surface area (Å²) in [4.78, 5) is 22.1. The number of carbonyl (C=O) groups excluding carboxylic acids is 1. The molecule has 6 nitrogen and oxygen atoms in total. The first kappa shape index (κ1) is 19.8. The van der Waals surface area contributed by atoms with E-state index in [9.17, 15) is 4.79 Å². The maximum atomic E-state index is 12.3. The fraction of sp³-hybridized carbons (Fsp3) is 0.450. The summed E-state index contributed by atoms with van der Waals surface area (Å²) in [7, 11) is 0. The zero-order valence-corrected chi connectivity index (χ0v) is 16.7. The van der Waals surface area contributed by atoms with Gasteiger partial charge in [0.1, 0.15) is 6.10 Å². The first-order chi connectivity index (χ1) is 13.0. The van der Waals surface area contributed by atoms with Gasteiger partial charge in [-0.15, -0.1) is 0 Å². The summed E-state index contributed by atoms with van der Waals surface area (Å²) in [5.41, 5.74) is 2.63. The molecule has 7 heteroatoms. The van der Waals surface area contributed by atoms with Gasteiger partial charge in [0.15, 0.2) is 5.16 Å². The Hall–Kier alpha value is -1.96. The lowest BCUT2D eigenvalue weighted by Gasteiger charge is -2.16. The van der Waals surface area contributed by atoms with E-state index in [1.165, 1.54) is 11.8 Å². The first-order valence-electron chi connectivity index (χ1n) is 9.14. The van der Waals surface area contributed by atoms with Crippen molar-refractivity contribution in [3.05, 3.63) is 41.7 Å². The number of ether oxygens (including phenoxy) is 2. The quantitative estimate of drug-likeness (QED) is 0.729. The Balaban J connectivity index is 1.51. The Morgan fingerprint density at radius 1 is 1.30 bits per heavy atom. The van der Waals surface area contributed by atoms with Crippen molar-refractivity contribution in [1.82, 2.24) is 9.97 Å². The van der Waals surface area contributed by atoms with Crippen molar-refractivity contribution >= 4 is 23.4 Å². The number of hydrogen-bond donors (Lipinski definition) is 1. The molecular formula is C20H25N3O3S.